The Morgan fingerprint density at radius 1 is 0.927 bits per heavy atom. The lowest BCUT2D eigenvalue weighted by atomic mass is 9.91. The number of β-amino-alcohol motifs (C(OH)–C–C–N with tert-alkyl or cyclic N) is 1. The molecular weight excluding hydrogens is 699 g/mol. The van der Waals surface area contributed by atoms with Crippen LogP contribution in [0, 0.1) is 5.92 Å². The molecule has 6 rings (SSSR count). The molecule has 0 spiro atoms. The van der Waals surface area contributed by atoms with E-state index in [9.17, 15) is 24.6 Å². The number of nitrogens with zero attached hydrogens (tertiary/aromatic N) is 3. The summed E-state index contributed by atoms with van der Waals surface area (Å²) in [5.74, 6) is -0.513. The first-order valence-electron chi connectivity index (χ1n) is 19.6. The molecule has 2 saturated heterocycles. The second-order valence-electron chi connectivity index (χ2n) is 16.1. The van der Waals surface area contributed by atoms with Gasteiger partial charge < -0.3 is 35.2 Å². The number of nitrogens with one attached hydrogen (secondary N) is 2. The van der Waals surface area contributed by atoms with Gasteiger partial charge in [0.25, 0.3) is 5.91 Å². The van der Waals surface area contributed by atoms with Crippen LogP contribution in [0.25, 0.3) is 0 Å². The van der Waals surface area contributed by atoms with Gasteiger partial charge in [-0.3, -0.25) is 24.2 Å². The Hall–Kier alpha value is -4.33. The minimum absolute atomic E-state index is 0.130. The van der Waals surface area contributed by atoms with Gasteiger partial charge in [-0.15, -0.1) is 0 Å². The van der Waals surface area contributed by atoms with Crippen molar-refractivity contribution in [1.29, 1.82) is 0 Å². The number of carbonyl (C=O) groups is 3. The average Bonchev–Trinajstić information content (AvgIpc) is 3.49. The summed E-state index contributed by atoms with van der Waals surface area (Å²) in [7, 11) is 0. The molecule has 3 amide bonds. The molecule has 0 aromatic heterocycles. The summed E-state index contributed by atoms with van der Waals surface area (Å²) in [5, 5.41) is 28.8. The van der Waals surface area contributed by atoms with Gasteiger partial charge in [0, 0.05) is 69.3 Å². The number of aliphatic hydroxyl groups excluding tert-OH is 2. The third-order valence-corrected chi connectivity index (χ3v) is 10.7. The molecule has 2 aliphatic heterocycles. The lowest BCUT2D eigenvalue weighted by Gasteiger charge is -2.42. The van der Waals surface area contributed by atoms with E-state index in [2.05, 4.69) is 15.5 Å². The topological polar surface area (TPSA) is 144 Å². The number of amides is 3. The molecule has 3 aliphatic rings. The highest BCUT2D eigenvalue weighted by Crippen LogP contribution is 2.32. The molecule has 12 heteroatoms. The van der Waals surface area contributed by atoms with Crippen LogP contribution in [0.15, 0.2) is 78.9 Å². The molecule has 296 valence electrons. The largest absolute Gasteiger partial charge is 0.492 e. The van der Waals surface area contributed by atoms with E-state index in [0.29, 0.717) is 38.1 Å². The highest BCUT2D eigenvalue weighted by Gasteiger charge is 2.38. The summed E-state index contributed by atoms with van der Waals surface area (Å²) in [6, 6.07) is 23.2. The molecule has 2 fully saturated rings. The summed E-state index contributed by atoms with van der Waals surface area (Å²) < 4.78 is 11.4. The molecule has 1 aliphatic carbocycles. The minimum Gasteiger partial charge on any atom is -0.492 e. The first-order chi connectivity index (χ1) is 26.4. The highest BCUT2D eigenvalue weighted by molar-refractivity contribution is 5.95. The van der Waals surface area contributed by atoms with Gasteiger partial charge >= 0.3 is 0 Å². The molecule has 3 aromatic carbocycles. The van der Waals surface area contributed by atoms with Gasteiger partial charge in [0.1, 0.15) is 18.4 Å². The van der Waals surface area contributed by atoms with Crippen LogP contribution in [-0.2, 0) is 27.2 Å². The van der Waals surface area contributed by atoms with Crippen molar-refractivity contribution in [3.8, 4) is 5.75 Å². The number of piperazine rings is 1. The summed E-state index contributed by atoms with van der Waals surface area (Å²) in [5.41, 5.74) is 2.88. The molecule has 0 unspecified atom stereocenters. The predicted molar refractivity (Wildman–Crippen MR) is 210 cm³/mol. The lowest BCUT2D eigenvalue weighted by molar-refractivity contribution is -0.131. The van der Waals surface area contributed by atoms with Crippen molar-refractivity contribution >= 4 is 17.7 Å². The fraction of sp³-hybridized carbons (Fsp3) is 0.512. The monoisotopic (exact) mass is 755 g/mol. The quantitative estimate of drug-likeness (QED) is 0.195. The SMILES string of the molecule is CC(C)(C)NC(=O)[C@@H]1CN(C(=O)c2ccccc2)CCN1C[C@@H](O)C[C@@H](Cc1ccc(OCCN2CCOCC2)cc1)C(=O)N[C@H]1c2ccccc2C[C@H]1O. The van der Waals surface area contributed by atoms with Gasteiger partial charge in [-0.1, -0.05) is 54.6 Å². The first kappa shape index (κ1) is 40.3. The summed E-state index contributed by atoms with van der Waals surface area (Å²) in [4.78, 5) is 47.2. The second kappa shape index (κ2) is 18.5. The molecular formula is C43H57N5O7. The number of hydrogen-bond donors (Lipinski definition) is 4. The van der Waals surface area contributed by atoms with E-state index >= 15 is 0 Å². The third-order valence-electron chi connectivity index (χ3n) is 10.7. The zero-order chi connectivity index (χ0) is 39.0. The van der Waals surface area contributed by atoms with Crippen molar-refractivity contribution in [2.75, 3.05) is 65.6 Å². The Kier molecular flexibility index (Phi) is 13.6. The predicted octanol–water partition coefficient (Wildman–Crippen LogP) is 2.82. The van der Waals surface area contributed by atoms with E-state index in [4.69, 9.17) is 9.47 Å². The molecule has 5 atom stereocenters. The number of benzene rings is 3. The molecule has 12 nitrogen and oxygen atoms in total. The van der Waals surface area contributed by atoms with E-state index in [0.717, 1.165) is 55.3 Å². The molecule has 55 heavy (non-hydrogen) atoms. The van der Waals surface area contributed by atoms with Crippen molar-refractivity contribution in [3.63, 3.8) is 0 Å². The van der Waals surface area contributed by atoms with Crippen LogP contribution in [0.2, 0.25) is 0 Å². The lowest BCUT2D eigenvalue weighted by Crippen LogP contribution is -2.62. The van der Waals surface area contributed by atoms with Crippen molar-refractivity contribution in [2.24, 2.45) is 5.92 Å². The van der Waals surface area contributed by atoms with E-state index in [1.165, 1.54) is 0 Å². The highest BCUT2D eigenvalue weighted by atomic mass is 16.5. The van der Waals surface area contributed by atoms with Crippen LogP contribution < -0.4 is 15.4 Å². The fourth-order valence-electron chi connectivity index (χ4n) is 7.79. The second-order valence-corrected chi connectivity index (χ2v) is 16.1. The molecule has 2 heterocycles. The van der Waals surface area contributed by atoms with Gasteiger partial charge in [0.15, 0.2) is 0 Å². The smallest absolute Gasteiger partial charge is 0.253 e. The Labute approximate surface area is 324 Å². The van der Waals surface area contributed by atoms with Crippen molar-refractivity contribution < 1.29 is 34.1 Å². The van der Waals surface area contributed by atoms with E-state index < -0.39 is 35.7 Å². The molecule has 0 radical (unpaired) electrons. The van der Waals surface area contributed by atoms with Crippen LogP contribution in [0.3, 0.4) is 0 Å². The Balaban J connectivity index is 1.14. The molecule has 0 saturated carbocycles. The van der Waals surface area contributed by atoms with Crippen LogP contribution in [-0.4, -0.2) is 132 Å². The Bertz CT molecular complexity index is 1730. The normalized spacial score (nSPS) is 21.7. The van der Waals surface area contributed by atoms with Crippen LogP contribution in [0.5, 0.6) is 5.75 Å². The standard InChI is InChI=1S/C43H57N5O7/c1-43(2,3)45-41(52)37-29-48(42(53)31-9-5-4-6-10-31)18-17-47(37)28-34(49)26-33(40(51)44-39-36-12-8-7-11-32(36)27-38(39)50)25-30-13-15-35(16-14-30)55-24-21-46-19-22-54-23-20-46/h4-16,33-34,37-39,49-50H,17-29H2,1-3H3,(H,44,51)(H,45,52)/t33-,34+,37+,38-,39+/m1/s1. The number of morpholine rings is 1. The van der Waals surface area contributed by atoms with Crippen molar-refractivity contribution in [1.82, 2.24) is 25.3 Å². The van der Waals surface area contributed by atoms with Crippen LogP contribution in [0.1, 0.15) is 60.3 Å². The zero-order valence-corrected chi connectivity index (χ0v) is 32.4. The summed E-state index contributed by atoms with van der Waals surface area (Å²) in [6.07, 6.45) is -0.768. The van der Waals surface area contributed by atoms with Crippen LogP contribution in [0.4, 0.5) is 0 Å². The molecule has 4 N–H and O–H groups in total. The van der Waals surface area contributed by atoms with Crippen molar-refractivity contribution in [2.45, 2.75) is 69.9 Å². The average molecular weight is 756 g/mol. The maximum Gasteiger partial charge on any atom is 0.253 e. The molecule has 3 aromatic rings. The van der Waals surface area contributed by atoms with Gasteiger partial charge in [-0.2, -0.15) is 0 Å². The minimum atomic E-state index is -0.958. The van der Waals surface area contributed by atoms with Gasteiger partial charge in [-0.05, 0) is 74.6 Å². The number of ether oxygens (including phenoxy) is 2. The van der Waals surface area contributed by atoms with Crippen molar-refractivity contribution in [3.05, 3.63) is 101 Å². The van der Waals surface area contributed by atoms with Gasteiger partial charge in [-0.25, -0.2) is 0 Å². The van der Waals surface area contributed by atoms with E-state index in [1.54, 1.807) is 17.0 Å². The van der Waals surface area contributed by atoms with Crippen LogP contribution >= 0.6 is 0 Å². The number of aliphatic hydroxyl groups is 2. The Morgan fingerprint density at radius 2 is 1.64 bits per heavy atom. The van der Waals surface area contributed by atoms with E-state index in [-0.39, 0.29) is 37.2 Å². The third kappa shape index (κ3) is 11.1. The Morgan fingerprint density at radius 3 is 2.36 bits per heavy atom. The maximum absolute atomic E-state index is 14.1. The first-order valence-corrected chi connectivity index (χ1v) is 19.6. The van der Waals surface area contributed by atoms with Gasteiger partial charge in [0.2, 0.25) is 11.8 Å². The zero-order valence-electron chi connectivity index (χ0n) is 32.4. The molecule has 0 bridgehead atoms. The summed E-state index contributed by atoms with van der Waals surface area (Å²) in [6.45, 7) is 11.5. The summed E-state index contributed by atoms with van der Waals surface area (Å²) >= 11 is 0. The number of hydrogen-bond acceptors (Lipinski definition) is 9. The number of fused-ring (bicyclic) bond motifs is 1. The van der Waals surface area contributed by atoms with Gasteiger partial charge in [0.05, 0.1) is 31.5 Å². The fourth-order valence-corrected chi connectivity index (χ4v) is 7.79. The maximum atomic E-state index is 14.1. The number of carbonyl (C=O) groups excluding carboxylic acids is 3. The van der Waals surface area contributed by atoms with E-state index in [1.807, 2.05) is 92.4 Å². The number of rotatable bonds is 14.